The van der Waals surface area contributed by atoms with Crippen molar-refractivity contribution in [2.45, 2.75) is 33.3 Å². The molecule has 30 heavy (non-hydrogen) atoms. The highest BCUT2D eigenvalue weighted by atomic mass is 16.6. The van der Waals surface area contributed by atoms with Gasteiger partial charge in [-0.15, -0.1) is 0 Å². The van der Waals surface area contributed by atoms with Crippen LogP contribution in [0.25, 0.3) is 33.5 Å². The molecule has 0 saturated heterocycles. The molecule has 7 heteroatoms. The van der Waals surface area contributed by atoms with Gasteiger partial charge in [-0.25, -0.2) is 9.78 Å². The van der Waals surface area contributed by atoms with Crippen LogP contribution in [0.2, 0.25) is 0 Å². The lowest BCUT2D eigenvalue weighted by Gasteiger charge is -2.19. The molecule has 4 heterocycles. The molecular weight excluding hydrogens is 378 g/mol. The number of ether oxygens (including phenoxy) is 1. The van der Waals surface area contributed by atoms with Crippen molar-refractivity contribution in [3.63, 3.8) is 0 Å². The monoisotopic (exact) mass is 401 g/mol. The Balaban J connectivity index is 1.74. The number of carbonyl (C=O) groups is 1. The highest BCUT2D eigenvalue weighted by Gasteiger charge is 2.17. The van der Waals surface area contributed by atoms with Crippen LogP contribution < -0.4 is 5.32 Å². The third-order valence-corrected chi connectivity index (χ3v) is 4.37. The van der Waals surface area contributed by atoms with E-state index in [2.05, 4.69) is 20.3 Å². The third-order valence-electron chi connectivity index (χ3n) is 4.37. The molecule has 0 aromatic carbocycles. The predicted molar refractivity (Wildman–Crippen MR) is 117 cm³/mol. The lowest BCUT2D eigenvalue weighted by atomic mass is 10.0. The number of anilines is 1. The SMILES string of the molecule is Cc1cccc(-c2cc(-c3cncc(NC(=O)OC(C)(C)C)c3)c3cc[nH]c3n2)n1. The molecule has 0 atom stereocenters. The molecule has 0 radical (unpaired) electrons. The zero-order valence-corrected chi connectivity index (χ0v) is 17.4. The Morgan fingerprint density at radius 1 is 1.07 bits per heavy atom. The standard InChI is InChI=1S/C23H23N5O2/c1-14-6-5-7-19(26-14)20-11-18(17-8-9-25-21(17)28-20)15-10-16(13-24-12-15)27-22(29)30-23(2,3)4/h5-13H,1-4H3,(H,25,28)(H,27,29). The number of amides is 1. The lowest BCUT2D eigenvalue weighted by molar-refractivity contribution is 0.0636. The van der Waals surface area contributed by atoms with Crippen LogP contribution in [0, 0.1) is 6.92 Å². The summed E-state index contributed by atoms with van der Waals surface area (Å²) < 4.78 is 5.33. The van der Waals surface area contributed by atoms with Gasteiger partial charge < -0.3 is 9.72 Å². The van der Waals surface area contributed by atoms with E-state index in [1.54, 1.807) is 12.4 Å². The maximum Gasteiger partial charge on any atom is 0.412 e. The largest absolute Gasteiger partial charge is 0.444 e. The number of pyridine rings is 3. The van der Waals surface area contributed by atoms with Crippen molar-refractivity contribution >= 4 is 22.8 Å². The minimum atomic E-state index is -0.576. The molecule has 0 unspecified atom stereocenters. The van der Waals surface area contributed by atoms with Crippen molar-refractivity contribution in [2.24, 2.45) is 0 Å². The molecule has 0 aliphatic rings. The Labute approximate surface area is 174 Å². The Hall–Kier alpha value is -3.74. The number of nitrogens with one attached hydrogen (secondary N) is 2. The third kappa shape index (κ3) is 4.30. The van der Waals surface area contributed by atoms with Gasteiger partial charge in [0.2, 0.25) is 0 Å². The summed E-state index contributed by atoms with van der Waals surface area (Å²) in [5, 5.41) is 3.71. The fraction of sp³-hybridized carbons (Fsp3) is 0.217. The molecule has 0 saturated carbocycles. The van der Waals surface area contributed by atoms with Gasteiger partial charge in [0.1, 0.15) is 11.2 Å². The van der Waals surface area contributed by atoms with E-state index >= 15 is 0 Å². The summed E-state index contributed by atoms with van der Waals surface area (Å²) in [5.41, 5.74) is 5.01. The molecule has 0 aliphatic heterocycles. The average Bonchev–Trinajstić information content (AvgIpc) is 3.14. The number of fused-ring (bicyclic) bond motifs is 1. The van der Waals surface area contributed by atoms with E-state index in [4.69, 9.17) is 9.72 Å². The maximum absolute atomic E-state index is 12.1. The Morgan fingerprint density at radius 3 is 2.67 bits per heavy atom. The molecular formula is C23H23N5O2. The number of hydrogen-bond donors (Lipinski definition) is 2. The number of rotatable bonds is 3. The zero-order valence-electron chi connectivity index (χ0n) is 17.4. The summed E-state index contributed by atoms with van der Waals surface area (Å²) in [6, 6.07) is 11.7. The molecule has 0 bridgehead atoms. The van der Waals surface area contributed by atoms with E-state index in [9.17, 15) is 4.79 Å². The summed E-state index contributed by atoms with van der Waals surface area (Å²) in [4.78, 5) is 28.9. The highest BCUT2D eigenvalue weighted by molar-refractivity contribution is 5.96. The molecule has 4 rings (SSSR count). The van der Waals surface area contributed by atoms with Crippen LogP contribution in [0.3, 0.4) is 0 Å². The van der Waals surface area contributed by atoms with E-state index in [0.29, 0.717) is 5.69 Å². The van der Waals surface area contributed by atoms with Crippen LogP contribution in [0.4, 0.5) is 10.5 Å². The molecule has 7 nitrogen and oxygen atoms in total. The first-order valence-electron chi connectivity index (χ1n) is 9.66. The van der Waals surface area contributed by atoms with Crippen LogP contribution in [0.1, 0.15) is 26.5 Å². The Kier molecular flexibility index (Phi) is 4.95. The number of aryl methyl sites for hydroxylation is 1. The van der Waals surface area contributed by atoms with Crippen LogP contribution in [0.15, 0.2) is 55.0 Å². The zero-order chi connectivity index (χ0) is 21.3. The summed E-state index contributed by atoms with van der Waals surface area (Å²) in [6.07, 6.45) is 4.68. The normalized spacial score (nSPS) is 11.5. The van der Waals surface area contributed by atoms with Gasteiger partial charge in [-0.2, -0.15) is 0 Å². The van der Waals surface area contributed by atoms with E-state index < -0.39 is 11.7 Å². The number of H-pyrrole nitrogens is 1. The first-order chi connectivity index (χ1) is 14.3. The molecule has 2 N–H and O–H groups in total. The van der Waals surface area contributed by atoms with Crippen molar-refractivity contribution < 1.29 is 9.53 Å². The number of hydrogen-bond acceptors (Lipinski definition) is 5. The van der Waals surface area contributed by atoms with Crippen molar-refractivity contribution in [3.8, 4) is 22.5 Å². The second kappa shape index (κ2) is 7.59. The molecule has 1 amide bonds. The second-order valence-electron chi connectivity index (χ2n) is 8.05. The number of aromatic amines is 1. The summed E-state index contributed by atoms with van der Waals surface area (Å²) in [6.45, 7) is 7.42. The van der Waals surface area contributed by atoms with Crippen LogP contribution >= 0.6 is 0 Å². The van der Waals surface area contributed by atoms with Crippen LogP contribution in [0.5, 0.6) is 0 Å². The van der Waals surface area contributed by atoms with Crippen molar-refractivity contribution in [1.29, 1.82) is 0 Å². The molecule has 0 spiro atoms. The average molecular weight is 401 g/mol. The predicted octanol–water partition coefficient (Wildman–Crippen LogP) is 5.34. The van der Waals surface area contributed by atoms with E-state index in [0.717, 1.165) is 39.2 Å². The van der Waals surface area contributed by atoms with Gasteiger partial charge in [-0.1, -0.05) is 6.07 Å². The van der Waals surface area contributed by atoms with E-state index in [1.165, 1.54) is 0 Å². The Bertz CT molecular complexity index is 1220. The van der Waals surface area contributed by atoms with Gasteiger partial charge in [-0.3, -0.25) is 15.3 Å². The lowest BCUT2D eigenvalue weighted by Crippen LogP contribution is -2.27. The molecule has 0 fully saturated rings. The first kappa shape index (κ1) is 19.6. The first-order valence-corrected chi connectivity index (χ1v) is 9.66. The second-order valence-corrected chi connectivity index (χ2v) is 8.05. The van der Waals surface area contributed by atoms with Gasteiger partial charge >= 0.3 is 6.09 Å². The number of aromatic nitrogens is 4. The fourth-order valence-corrected chi connectivity index (χ4v) is 3.17. The van der Waals surface area contributed by atoms with E-state index in [-0.39, 0.29) is 0 Å². The molecule has 4 aromatic rings. The van der Waals surface area contributed by atoms with Crippen molar-refractivity contribution in [2.75, 3.05) is 5.32 Å². The van der Waals surface area contributed by atoms with Crippen LogP contribution in [-0.2, 0) is 4.74 Å². The van der Waals surface area contributed by atoms with Gasteiger partial charge in [0, 0.05) is 29.0 Å². The van der Waals surface area contributed by atoms with Gasteiger partial charge in [0.25, 0.3) is 0 Å². The number of nitrogens with zero attached hydrogens (tertiary/aromatic N) is 3. The minimum Gasteiger partial charge on any atom is -0.444 e. The van der Waals surface area contributed by atoms with Gasteiger partial charge in [-0.05, 0) is 63.6 Å². The topological polar surface area (TPSA) is 92.8 Å². The Morgan fingerprint density at radius 2 is 1.90 bits per heavy atom. The van der Waals surface area contributed by atoms with Gasteiger partial charge in [0.15, 0.2) is 0 Å². The van der Waals surface area contributed by atoms with Crippen LogP contribution in [-0.4, -0.2) is 31.6 Å². The van der Waals surface area contributed by atoms with E-state index in [1.807, 2.05) is 70.3 Å². The molecule has 0 aliphatic carbocycles. The maximum atomic E-state index is 12.1. The van der Waals surface area contributed by atoms with Gasteiger partial charge in [0.05, 0.1) is 23.3 Å². The quantitative estimate of drug-likeness (QED) is 0.483. The minimum absolute atomic E-state index is 0.521. The van der Waals surface area contributed by atoms with Crippen molar-refractivity contribution in [3.05, 3.63) is 60.7 Å². The molecule has 4 aromatic heterocycles. The summed E-state index contributed by atoms with van der Waals surface area (Å²) in [7, 11) is 0. The smallest absolute Gasteiger partial charge is 0.412 e. The number of carbonyl (C=O) groups excluding carboxylic acids is 1. The summed E-state index contributed by atoms with van der Waals surface area (Å²) >= 11 is 0. The highest BCUT2D eigenvalue weighted by Crippen LogP contribution is 2.32. The molecule has 152 valence electrons. The summed E-state index contributed by atoms with van der Waals surface area (Å²) in [5.74, 6) is 0. The fourth-order valence-electron chi connectivity index (χ4n) is 3.17. The van der Waals surface area contributed by atoms with Crippen molar-refractivity contribution in [1.82, 2.24) is 19.9 Å².